The van der Waals surface area contributed by atoms with Crippen molar-refractivity contribution < 1.29 is 4.74 Å². The summed E-state index contributed by atoms with van der Waals surface area (Å²) in [5, 5.41) is 0.0914. The number of rotatable bonds is 2. The molecule has 0 bridgehead atoms. The fourth-order valence-corrected chi connectivity index (χ4v) is 2.65. The molecule has 0 aromatic heterocycles. The van der Waals surface area contributed by atoms with Gasteiger partial charge in [0.05, 0.1) is 5.22 Å². The minimum Gasteiger partial charge on any atom is -0.376 e. The number of benzene rings is 1. The van der Waals surface area contributed by atoms with Crippen LogP contribution in [0, 0.1) is 0 Å². The van der Waals surface area contributed by atoms with Crippen molar-refractivity contribution in [1.29, 1.82) is 0 Å². The Hall–Kier alpha value is -0.863. The molecule has 1 saturated heterocycles. The van der Waals surface area contributed by atoms with Gasteiger partial charge in [-0.15, -0.1) is 0 Å². The monoisotopic (exact) mass is 218 g/mol. The Morgan fingerprint density at radius 2 is 2.00 bits per heavy atom. The van der Waals surface area contributed by atoms with Gasteiger partial charge < -0.3 is 4.74 Å². The van der Waals surface area contributed by atoms with E-state index in [0.29, 0.717) is 0 Å². The maximum atomic E-state index is 5.86. The van der Waals surface area contributed by atoms with Gasteiger partial charge in [0.1, 0.15) is 0 Å². The molecule has 0 spiro atoms. The predicted octanol–water partition coefficient (Wildman–Crippen LogP) is 1.96. The van der Waals surface area contributed by atoms with Gasteiger partial charge in [-0.2, -0.15) is 0 Å². The van der Waals surface area contributed by atoms with E-state index < -0.39 is 0 Å². The van der Waals surface area contributed by atoms with Crippen LogP contribution in [-0.4, -0.2) is 22.1 Å². The van der Waals surface area contributed by atoms with Crippen LogP contribution < -0.4 is 0 Å². The quantitative estimate of drug-likeness (QED) is 0.690. The van der Waals surface area contributed by atoms with Crippen molar-refractivity contribution >= 4 is 16.3 Å². The lowest BCUT2D eigenvalue weighted by atomic mass is 10.1. The van der Waals surface area contributed by atoms with Crippen LogP contribution in [-0.2, 0) is 4.74 Å². The molecule has 2 rings (SSSR count). The van der Waals surface area contributed by atoms with E-state index in [0.717, 1.165) is 16.8 Å². The highest BCUT2D eigenvalue weighted by Gasteiger charge is 2.23. The normalized spacial score (nSPS) is 27.2. The highest BCUT2D eigenvalue weighted by molar-refractivity contribution is 6.16. The molecule has 1 nitrogen and oxygen atoms in total. The van der Waals surface area contributed by atoms with Gasteiger partial charge in [0.2, 0.25) is 0 Å². The van der Waals surface area contributed by atoms with E-state index in [9.17, 15) is 0 Å². The van der Waals surface area contributed by atoms with Gasteiger partial charge in [0.15, 0.2) is 0 Å². The van der Waals surface area contributed by atoms with Gasteiger partial charge in [-0.05, 0) is 24.8 Å². The van der Waals surface area contributed by atoms with Gasteiger partial charge in [0, 0.05) is 16.8 Å². The van der Waals surface area contributed by atoms with Gasteiger partial charge in [-0.1, -0.05) is 42.5 Å². The molecule has 1 aliphatic heterocycles. The van der Waals surface area contributed by atoms with Crippen LogP contribution in [0.4, 0.5) is 0 Å². The SMILES string of the molecule is [SiH3]C1(C=Cc2ccccc2)CCCCO1. The highest BCUT2D eigenvalue weighted by atomic mass is 28.1. The van der Waals surface area contributed by atoms with Crippen molar-refractivity contribution in [1.82, 2.24) is 0 Å². The molecule has 1 aromatic rings. The highest BCUT2D eigenvalue weighted by Crippen LogP contribution is 2.23. The molecule has 1 heterocycles. The smallest absolute Gasteiger partial charge is 0.0659 e. The van der Waals surface area contributed by atoms with Crippen LogP contribution in [0.15, 0.2) is 36.4 Å². The van der Waals surface area contributed by atoms with E-state index in [1.807, 2.05) is 6.07 Å². The van der Waals surface area contributed by atoms with E-state index >= 15 is 0 Å². The molecule has 1 unspecified atom stereocenters. The average molecular weight is 218 g/mol. The zero-order valence-electron chi connectivity index (χ0n) is 9.28. The van der Waals surface area contributed by atoms with E-state index in [-0.39, 0.29) is 5.22 Å². The lowest BCUT2D eigenvalue weighted by molar-refractivity contribution is 0.0159. The molecule has 80 valence electrons. The fourth-order valence-electron chi connectivity index (χ4n) is 1.92. The third-order valence-corrected chi connectivity index (χ3v) is 4.05. The molecule has 15 heavy (non-hydrogen) atoms. The summed E-state index contributed by atoms with van der Waals surface area (Å²) in [5.41, 5.74) is 1.27. The Labute approximate surface area is 94.6 Å². The minimum atomic E-state index is 0.0914. The van der Waals surface area contributed by atoms with Crippen LogP contribution in [0.2, 0.25) is 0 Å². The Bertz CT molecular complexity index is 326. The maximum Gasteiger partial charge on any atom is 0.0659 e. The van der Waals surface area contributed by atoms with Crippen molar-refractivity contribution in [2.24, 2.45) is 0 Å². The van der Waals surface area contributed by atoms with Gasteiger partial charge in [-0.3, -0.25) is 0 Å². The Morgan fingerprint density at radius 3 is 2.67 bits per heavy atom. The third-order valence-electron chi connectivity index (χ3n) is 2.93. The second kappa shape index (κ2) is 4.77. The van der Waals surface area contributed by atoms with E-state index in [1.54, 1.807) is 0 Å². The molecule has 0 N–H and O–H groups in total. The van der Waals surface area contributed by atoms with Crippen molar-refractivity contribution in [3.05, 3.63) is 42.0 Å². The summed E-state index contributed by atoms with van der Waals surface area (Å²) in [4.78, 5) is 0. The molecule has 2 heteroatoms. The van der Waals surface area contributed by atoms with Crippen LogP contribution >= 0.6 is 0 Å². The summed E-state index contributed by atoms with van der Waals surface area (Å²) in [5.74, 6) is 0. The topological polar surface area (TPSA) is 9.23 Å². The molecule has 1 aromatic carbocycles. The molecule has 1 fully saturated rings. The summed E-state index contributed by atoms with van der Waals surface area (Å²) in [6.07, 6.45) is 8.18. The number of hydrogen-bond acceptors (Lipinski definition) is 1. The van der Waals surface area contributed by atoms with Gasteiger partial charge >= 0.3 is 0 Å². The number of hydrogen-bond donors (Lipinski definition) is 0. The zero-order chi connectivity index (χ0) is 10.6. The lowest BCUT2D eigenvalue weighted by Crippen LogP contribution is -2.34. The summed E-state index contributed by atoms with van der Waals surface area (Å²) in [7, 11) is 1.08. The first-order valence-electron chi connectivity index (χ1n) is 5.67. The molecule has 1 atom stereocenters. The zero-order valence-corrected chi connectivity index (χ0v) is 11.3. The molecule has 0 amide bonds. The summed E-state index contributed by atoms with van der Waals surface area (Å²) >= 11 is 0. The fraction of sp³-hybridized carbons (Fsp3) is 0.385. The van der Waals surface area contributed by atoms with E-state index in [1.165, 1.54) is 24.8 Å². The molecule has 0 saturated carbocycles. The molecule has 0 radical (unpaired) electrons. The Morgan fingerprint density at radius 1 is 1.20 bits per heavy atom. The predicted molar refractivity (Wildman–Crippen MR) is 67.9 cm³/mol. The standard InChI is InChI=1S/C13H18OSi/c15-13(9-4-5-11-14-13)10-8-12-6-2-1-3-7-12/h1-3,6-8,10H,4-5,9,11H2,15H3. The minimum absolute atomic E-state index is 0.0914. The van der Waals surface area contributed by atoms with Crippen LogP contribution in [0.1, 0.15) is 24.8 Å². The third kappa shape index (κ3) is 3.04. The first kappa shape index (κ1) is 10.6. The first-order valence-corrected chi connectivity index (χ1v) is 6.67. The summed E-state index contributed by atoms with van der Waals surface area (Å²) in [6, 6.07) is 10.4. The Kier molecular flexibility index (Phi) is 3.39. The average Bonchev–Trinajstić information content (AvgIpc) is 2.29. The van der Waals surface area contributed by atoms with Gasteiger partial charge in [-0.25, -0.2) is 0 Å². The van der Waals surface area contributed by atoms with Crippen LogP contribution in [0.5, 0.6) is 0 Å². The number of ether oxygens (including phenoxy) is 1. The van der Waals surface area contributed by atoms with Crippen LogP contribution in [0.25, 0.3) is 6.08 Å². The van der Waals surface area contributed by atoms with E-state index in [2.05, 4.69) is 36.4 Å². The molecule has 1 aliphatic rings. The van der Waals surface area contributed by atoms with E-state index in [4.69, 9.17) is 4.74 Å². The van der Waals surface area contributed by atoms with Gasteiger partial charge in [0.25, 0.3) is 0 Å². The lowest BCUT2D eigenvalue weighted by Gasteiger charge is -2.31. The van der Waals surface area contributed by atoms with Crippen molar-refractivity contribution in [3.63, 3.8) is 0 Å². The molecule has 0 aliphatic carbocycles. The first-order chi connectivity index (χ1) is 7.29. The van der Waals surface area contributed by atoms with Crippen molar-refractivity contribution in [2.45, 2.75) is 24.5 Å². The maximum absolute atomic E-state index is 5.86. The van der Waals surface area contributed by atoms with Crippen molar-refractivity contribution in [3.8, 4) is 0 Å². The molecular formula is C13H18OSi. The second-order valence-corrected chi connectivity index (χ2v) is 6.05. The van der Waals surface area contributed by atoms with Crippen molar-refractivity contribution in [2.75, 3.05) is 6.61 Å². The second-order valence-electron chi connectivity index (χ2n) is 4.36. The van der Waals surface area contributed by atoms with Crippen LogP contribution in [0.3, 0.4) is 0 Å². The summed E-state index contributed by atoms with van der Waals surface area (Å²) in [6.45, 7) is 0.933. The molecular weight excluding hydrogens is 200 g/mol. The largest absolute Gasteiger partial charge is 0.376 e. The summed E-state index contributed by atoms with van der Waals surface area (Å²) < 4.78 is 5.86. The Balaban J connectivity index is 2.04.